The fourth-order valence-corrected chi connectivity index (χ4v) is 6.38. The molecule has 0 fully saturated rings. The first-order valence-corrected chi connectivity index (χ1v) is 21.3. The maximum absolute atomic E-state index is 13.8. The van der Waals surface area contributed by atoms with Gasteiger partial charge in [-0.15, -0.1) is 0 Å². The number of aryl methyl sites for hydroxylation is 1. The molecule has 0 spiro atoms. The van der Waals surface area contributed by atoms with E-state index in [1.165, 1.54) is 6.07 Å². The molecule has 0 aliphatic rings. The van der Waals surface area contributed by atoms with Crippen molar-refractivity contribution in [2.75, 3.05) is 13.1 Å². The van der Waals surface area contributed by atoms with E-state index < -0.39 is 84.0 Å². The fraction of sp³-hybridized carbons (Fsp3) is 0.605. The van der Waals surface area contributed by atoms with Gasteiger partial charge < -0.3 is 53.6 Å². The van der Waals surface area contributed by atoms with Crippen LogP contribution in [0.3, 0.4) is 0 Å². The molecule has 0 aliphatic heterocycles. The van der Waals surface area contributed by atoms with Gasteiger partial charge in [0.25, 0.3) is 5.91 Å². The van der Waals surface area contributed by atoms with E-state index >= 15 is 0 Å². The van der Waals surface area contributed by atoms with Gasteiger partial charge in [-0.25, -0.2) is 0 Å². The number of primary amides is 1. The quantitative estimate of drug-likeness (QED) is 0.0371. The Labute approximate surface area is 364 Å². The molecule has 7 atom stereocenters. The Balaban J connectivity index is 2.20. The number of nitrogens with zero attached hydrogens (tertiary/aromatic N) is 2. The van der Waals surface area contributed by atoms with E-state index in [0.717, 1.165) is 11.1 Å². The second-order valence-corrected chi connectivity index (χ2v) is 16.7. The Morgan fingerprint density at radius 2 is 1.23 bits per heavy atom. The molecule has 0 aliphatic carbocycles. The van der Waals surface area contributed by atoms with Gasteiger partial charge >= 0.3 is 0 Å². The summed E-state index contributed by atoms with van der Waals surface area (Å²) in [4.78, 5) is 97.3. The number of nitrogens with one attached hydrogen (secondary N) is 6. The molecule has 7 amide bonds. The lowest BCUT2D eigenvalue weighted by atomic mass is 9.96. The second-order valence-electron chi connectivity index (χ2n) is 16.7. The summed E-state index contributed by atoms with van der Waals surface area (Å²) < 4.78 is 5.40. The van der Waals surface area contributed by atoms with E-state index in [9.17, 15) is 33.6 Å². The molecule has 12 N–H and O–H groups in total. The Morgan fingerprint density at radius 3 is 1.76 bits per heavy atom. The number of guanidine groups is 1. The molecule has 344 valence electrons. The maximum atomic E-state index is 13.8. The van der Waals surface area contributed by atoms with Crippen molar-refractivity contribution in [1.29, 1.82) is 0 Å². The van der Waals surface area contributed by atoms with Crippen molar-refractivity contribution in [1.82, 2.24) is 37.1 Å². The zero-order valence-corrected chi connectivity index (χ0v) is 37.6. The molecule has 0 saturated carbocycles. The van der Waals surface area contributed by atoms with E-state index in [1.807, 2.05) is 72.7 Å². The summed E-state index contributed by atoms with van der Waals surface area (Å²) in [6.07, 6.45) is 1.83. The van der Waals surface area contributed by atoms with Crippen LogP contribution in [-0.4, -0.2) is 95.8 Å². The smallest absolute Gasteiger partial charge is 0.274 e. The van der Waals surface area contributed by atoms with Gasteiger partial charge in [0.15, 0.2) is 17.4 Å². The normalized spacial score (nSPS) is 14.6. The number of aliphatic imine (C=N–C) groups is 1. The van der Waals surface area contributed by atoms with Crippen LogP contribution < -0.4 is 49.1 Å². The predicted octanol–water partition coefficient (Wildman–Crippen LogP) is 1.53. The number of hydrogen-bond donors (Lipinski definition) is 9. The minimum atomic E-state index is -1.18. The SMILES string of the molecule is CC[C@H](C)[C@H](NC(=O)[C@H](CC(C)C)NC(=O)[C@H](CCCN=C(N)N)NC(=O)CNC(=O)[C@@H](NC(=O)[C@H](CC(C)C)NC(=O)c1cc(-c2ccc(C)cc2)on1)[C@@H](C)CC)C(N)=O. The second kappa shape index (κ2) is 25.7. The van der Waals surface area contributed by atoms with Crippen molar-refractivity contribution in [3.63, 3.8) is 0 Å². The summed E-state index contributed by atoms with van der Waals surface area (Å²) in [5, 5.41) is 20.0. The van der Waals surface area contributed by atoms with Crippen LogP contribution in [0.25, 0.3) is 11.3 Å². The zero-order chi connectivity index (χ0) is 46.7. The number of rotatable bonds is 26. The summed E-state index contributed by atoms with van der Waals surface area (Å²) in [7, 11) is 0. The maximum Gasteiger partial charge on any atom is 0.274 e. The Bertz CT molecular complexity index is 1840. The molecule has 1 aromatic heterocycles. The van der Waals surface area contributed by atoms with Crippen LogP contribution in [0.4, 0.5) is 0 Å². The minimum Gasteiger partial charge on any atom is -0.370 e. The minimum absolute atomic E-state index is 0.0235. The molecule has 0 bridgehead atoms. The number of carbonyl (C=O) groups is 7. The number of aromatic nitrogens is 1. The van der Waals surface area contributed by atoms with Crippen LogP contribution in [0.2, 0.25) is 0 Å². The average molecular weight is 868 g/mol. The first-order chi connectivity index (χ1) is 29.2. The van der Waals surface area contributed by atoms with Crippen LogP contribution in [0, 0.1) is 30.6 Å². The average Bonchev–Trinajstić information content (AvgIpc) is 3.71. The Hall–Kier alpha value is -6.01. The highest BCUT2D eigenvalue weighted by Gasteiger charge is 2.33. The third kappa shape index (κ3) is 17.5. The van der Waals surface area contributed by atoms with E-state index in [4.69, 9.17) is 21.7 Å². The molecule has 19 nitrogen and oxygen atoms in total. The number of nitrogens with two attached hydrogens (primary N) is 3. The van der Waals surface area contributed by atoms with Gasteiger partial charge in [0.2, 0.25) is 35.4 Å². The van der Waals surface area contributed by atoms with Crippen molar-refractivity contribution in [2.45, 2.75) is 131 Å². The standard InChI is InChI=1S/C43H69N11O8/c1-10-26(8)35(37(44)56)52-39(58)30(19-23(3)4)50-38(57)29(13-12-18-47-43(45)46)49-34(55)22-48-42(61)36(27(9)11-2)53-40(59)31(20-24(5)6)51-41(60)32-21-33(62-54-32)28-16-14-25(7)15-17-28/h14-17,21,23-24,26-27,29-31,35-36H,10-13,18-20,22H2,1-9H3,(H2,44,56)(H,48,61)(H,49,55)(H,50,57)(H,51,60)(H,52,58)(H,53,59)(H4,45,46,47)/t26-,27-,29-,30-,31-,35-,36-/m0/s1. The topological polar surface area (TPSA) is 308 Å². The van der Waals surface area contributed by atoms with Crippen molar-refractivity contribution in [3.05, 3.63) is 41.6 Å². The molecule has 1 aromatic carbocycles. The summed E-state index contributed by atoms with van der Waals surface area (Å²) in [5.74, 6) is -5.13. The van der Waals surface area contributed by atoms with Crippen LogP contribution in [0.5, 0.6) is 0 Å². The molecule has 2 rings (SSSR count). The molecule has 19 heteroatoms. The number of benzene rings is 1. The van der Waals surface area contributed by atoms with E-state index in [-0.39, 0.29) is 61.6 Å². The van der Waals surface area contributed by atoms with Gasteiger partial charge in [0.1, 0.15) is 30.2 Å². The number of hydrogen-bond acceptors (Lipinski definition) is 10. The summed E-state index contributed by atoms with van der Waals surface area (Å²) in [5.41, 5.74) is 18.2. The molecule has 62 heavy (non-hydrogen) atoms. The molecular weight excluding hydrogens is 799 g/mol. The highest BCUT2D eigenvalue weighted by Crippen LogP contribution is 2.21. The van der Waals surface area contributed by atoms with Crippen molar-refractivity contribution < 1.29 is 38.1 Å². The van der Waals surface area contributed by atoms with Crippen molar-refractivity contribution >= 4 is 47.3 Å². The Morgan fingerprint density at radius 1 is 0.694 bits per heavy atom. The van der Waals surface area contributed by atoms with Crippen molar-refractivity contribution in [3.8, 4) is 11.3 Å². The number of amides is 7. The highest BCUT2D eigenvalue weighted by molar-refractivity contribution is 5.98. The van der Waals surface area contributed by atoms with Gasteiger partial charge in [-0.05, 0) is 56.3 Å². The number of carbonyl (C=O) groups excluding carboxylic acids is 7. The molecule has 0 unspecified atom stereocenters. The summed E-state index contributed by atoms with van der Waals surface area (Å²) in [6.45, 7) is 16.3. The molecule has 0 radical (unpaired) electrons. The fourth-order valence-electron chi connectivity index (χ4n) is 6.38. The third-order valence-corrected chi connectivity index (χ3v) is 10.4. The van der Waals surface area contributed by atoms with E-state index in [2.05, 4.69) is 42.0 Å². The van der Waals surface area contributed by atoms with Gasteiger partial charge in [0, 0.05) is 18.2 Å². The zero-order valence-electron chi connectivity index (χ0n) is 37.6. The molecule has 0 saturated heterocycles. The molecule has 1 heterocycles. The lowest BCUT2D eigenvalue weighted by Gasteiger charge is -2.28. The Kier molecular flexibility index (Phi) is 21.6. The van der Waals surface area contributed by atoms with Gasteiger partial charge in [-0.1, -0.05) is 103 Å². The largest absolute Gasteiger partial charge is 0.370 e. The molecular formula is C43H69N11O8. The molecule has 2 aromatic rings. The summed E-state index contributed by atoms with van der Waals surface area (Å²) in [6, 6.07) is 3.63. The van der Waals surface area contributed by atoms with Crippen LogP contribution in [-0.2, 0) is 28.8 Å². The van der Waals surface area contributed by atoms with Crippen LogP contribution in [0.1, 0.15) is 110 Å². The first-order valence-electron chi connectivity index (χ1n) is 21.3. The van der Waals surface area contributed by atoms with Crippen LogP contribution >= 0.6 is 0 Å². The van der Waals surface area contributed by atoms with E-state index in [1.54, 1.807) is 13.8 Å². The van der Waals surface area contributed by atoms with E-state index in [0.29, 0.717) is 18.6 Å². The van der Waals surface area contributed by atoms with Gasteiger partial charge in [0.05, 0.1) is 6.54 Å². The summed E-state index contributed by atoms with van der Waals surface area (Å²) >= 11 is 0. The monoisotopic (exact) mass is 868 g/mol. The first kappa shape index (κ1) is 52.1. The predicted molar refractivity (Wildman–Crippen MR) is 236 cm³/mol. The van der Waals surface area contributed by atoms with Crippen molar-refractivity contribution in [2.24, 2.45) is 45.9 Å². The highest BCUT2D eigenvalue weighted by atomic mass is 16.5. The van der Waals surface area contributed by atoms with Crippen LogP contribution in [0.15, 0.2) is 39.8 Å². The third-order valence-electron chi connectivity index (χ3n) is 10.4. The van der Waals surface area contributed by atoms with Gasteiger partial charge in [-0.3, -0.25) is 38.6 Å². The lowest BCUT2D eigenvalue weighted by molar-refractivity contribution is -0.134. The lowest BCUT2D eigenvalue weighted by Crippen LogP contribution is -2.58. The van der Waals surface area contributed by atoms with Gasteiger partial charge in [-0.2, -0.15) is 0 Å².